The number of benzene rings is 2. The summed E-state index contributed by atoms with van der Waals surface area (Å²) in [6.45, 7) is 5.54. The lowest BCUT2D eigenvalue weighted by molar-refractivity contribution is -0.144. The molecule has 0 saturated heterocycles. The average Bonchev–Trinajstić information content (AvgIpc) is 2.58. The fourth-order valence-corrected chi connectivity index (χ4v) is 1.69. The van der Waals surface area contributed by atoms with Crippen molar-refractivity contribution >= 4 is 12.1 Å². The van der Waals surface area contributed by atoms with E-state index in [1.54, 1.807) is 0 Å². The molecule has 0 aliphatic rings. The van der Waals surface area contributed by atoms with Crippen molar-refractivity contribution in [1.29, 1.82) is 0 Å². The van der Waals surface area contributed by atoms with Crippen LogP contribution in [0.4, 0.5) is 4.79 Å². The Morgan fingerprint density at radius 3 is 1.68 bits per heavy atom. The second-order valence-corrected chi connectivity index (χ2v) is 6.05. The lowest BCUT2D eigenvalue weighted by Gasteiger charge is -2.20. The predicted octanol–water partition coefficient (Wildman–Crippen LogP) is 4.31. The normalized spacial score (nSPS) is 10.8. The van der Waals surface area contributed by atoms with Crippen LogP contribution in [0, 0.1) is 5.41 Å². The van der Waals surface area contributed by atoms with Crippen molar-refractivity contribution in [2.75, 3.05) is 0 Å². The maximum Gasteiger partial charge on any atom is 0.519 e. The molecule has 2 rings (SSSR count). The molecular formula is C19H20O6. The summed E-state index contributed by atoms with van der Waals surface area (Å²) in [7, 11) is 0. The molecule has 0 aromatic heterocycles. The molecule has 0 atom stereocenters. The Bertz CT molecular complexity index is 732. The molecule has 1 N–H and O–H groups in total. The minimum absolute atomic E-state index is 0.0668. The van der Waals surface area contributed by atoms with Crippen molar-refractivity contribution in [2.45, 2.75) is 27.2 Å². The van der Waals surface area contributed by atoms with Gasteiger partial charge in [0.05, 0.1) is 5.41 Å². The van der Waals surface area contributed by atoms with Gasteiger partial charge in [0.25, 0.3) is 0 Å². The number of phenols is 1. The molecule has 0 unspecified atom stereocenters. The van der Waals surface area contributed by atoms with Crippen molar-refractivity contribution in [3.8, 4) is 23.0 Å². The van der Waals surface area contributed by atoms with Gasteiger partial charge in [-0.1, -0.05) is 6.92 Å². The fraction of sp³-hybridized carbons (Fsp3) is 0.263. The molecule has 25 heavy (non-hydrogen) atoms. The molecule has 2 aromatic rings. The monoisotopic (exact) mass is 344 g/mol. The highest BCUT2D eigenvalue weighted by Crippen LogP contribution is 2.25. The van der Waals surface area contributed by atoms with Gasteiger partial charge in [-0.2, -0.15) is 0 Å². The third-order valence-corrected chi connectivity index (χ3v) is 3.71. The van der Waals surface area contributed by atoms with Gasteiger partial charge < -0.3 is 19.3 Å². The maximum absolute atomic E-state index is 12.0. The number of rotatable bonds is 5. The lowest BCUT2D eigenvalue weighted by Crippen LogP contribution is -2.28. The minimum Gasteiger partial charge on any atom is -0.508 e. The third kappa shape index (κ3) is 5.24. The number of phenolic OH excluding ortho intramolecular Hbond substituents is 1. The van der Waals surface area contributed by atoms with Crippen LogP contribution >= 0.6 is 0 Å². The summed E-state index contributed by atoms with van der Waals surface area (Å²) in [5.41, 5.74) is -0.566. The zero-order valence-corrected chi connectivity index (χ0v) is 14.3. The van der Waals surface area contributed by atoms with Crippen molar-refractivity contribution in [3.05, 3.63) is 48.5 Å². The summed E-state index contributed by atoms with van der Waals surface area (Å²) in [5, 5.41) is 9.17. The van der Waals surface area contributed by atoms with E-state index >= 15 is 0 Å². The van der Waals surface area contributed by atoms with E-state index < -0.39 is 11.6 Å². The fourth-order valence-electron chi connectivity index (χ4n) is 1.69. The van der Waals surface area contributed by atoms with Crippen LogP contribution in [0.5, 0.6) is 23.0 Å². The van der Waals surface area contributed by atoms with E-state index in [2.05, 4.69) is 0 Å². The molecule has 6 heteroatoms. The van der Waals surface area contributed by atoms with E-state index in [9.17, 15) is 14.7 Å². The van der Waals surface area contributed by atoms with Gasteiger partial charge in [0.2, 0.25) is 0 Å². The Balaban J connectivity index is 1.92. The Labute approximate surface area is 146 Å². The van der Waals surface area contributed by atoms with Gasteiger partial charge in [0, 0.05) is 0 Å². The summed E-state index contributed by atoms with van der Waals surface area (Å²) < 4.78 is 15.3. The Morgan fingerprint density at radius 2 is 1.24 bits per heavy atom. The number of hydrogen-bond acceptors (Lipinski definition) is 6. The average molecular weight is 344 g/mol. The van der Waals surface area contributed by atoms with E-state index in [1.165, 1.54) is 48.5 Å². The van der Waals surface area contributed by atoms with Gasteiger partial charge in [-0.15, -0.1) is 0 Å². The Kier molecular flexibility index (Phi) is 5.64. The summed E-state index contributed by atoms with van der Waals surface area (Å²) in [6, 6.07) is 11.7. The molecule has 6 nitrogen and oxygen atoms in total. The van der Waals surface area contributed by atoms with Gasteiger partial charge in [0.15, 0.2) is 0 Å². The number of ether oxygens (including phenoxy) is 3. The van der Waals surface area contributed by atoms with Gasteiger partial charge >= 0.3 is 12.1 Å². The van der Waals surface area contributed by atoms with Crippen molar-refractivity contribution in [3.63, 3.8) is 0 Å². The Morgan fingerprint density at radius 1 is 0.840 bits per heavy atom. The summed E-state index contributed by atoms with van der Waals surface area (Å²) >= 11 is 0. The van der Waals surface area contributed by atoms with Crippen LogP contribution in [0.25, 0.3) is 0 Å². The van der Waals surface area contributed by atoms with Crippen molar-refractivity contribution in [2.24, 2.45) is 5.41 Å². The number of carbonyl (C=O) groups excluding carboxylic acids is 2. The van der Waals surface area contributed by atoms with E-state index in [0.29, 0.717) is 12.2 Å². The molecule has 0 heterocycles. The molecule has 0 aliphatic carbocycles. The van der Waals surface area contributed by atoms with Crippen LogP contribution in [0.3, 0.4) is 0 Å². The van der Waals surface area contributed by atoms with E-state index in [-0.39, 0.29) is 23.2 Å². The first-order valence-electron chi connectivity index (χ1n) is 7.81. The minimum atomic E-state index is -0.914. The molecule has 0 spiro atoms. The van der Waals surface area contributed by atoms with Crippen molar-refractivity contribution in [1.82, 2.24) is 0 Å². The maximum atomic E-state index is 12.0. The first-order chi connectivity index (χ1) is 11.8. The molecular weight excluding hydrogens is 324 g/mol. The summed E-state index contributed by atoms with van der Waals surface area (Å²) in [4.78, 5) is 23.7. The smallest absolute Gasteiger partial charge is 0.508 e. The van der Waals surface area contributed by atoms with Gasteiger partial charge in [-0.05, 0) is 68.8 Å². The number of esters is 1. The SMILES string of the molecule is CCC(C)(C)C(=O)Oc1ccc(OC(=O)Oc2ccc(O)cc2)cc1. The van der Waals surface area contributed by atoms with E-state index in [1.807, 2.05) is 20.8 Å². The zero-order chi connectivity index (χ0) is 18.4. The van der Waals surface area contributed by atoms with Crippen LogP contribution in [-0.2, 0) is 4.79 Å². The topological polar surface area (TPSA) is 82.1 Å². The molecule has 0 saturated carbocycles. The molecule has 2 aromatic carbocycles. The highest BCUT2D eigenvalue weighted by Gasteiger charge is 2.27. The molecule has 0 radical (unpaired) electrons. The van der Waals surface area contributed by atoms with Crippen molar-refractivity contribution < 1.29 is 28.9 Å². The number of aromatic hydroxyl groups is 1. The largest absolute Gasteiger partial charge is 0.519 e. The molecule has 0 amide bonds. The molecule has 0 fully saturated rings. The first-order valence-corrected chi connectivity index (χ1v) is 7.81. The zero-order valence-electron chi connectivity index (χ0n) is 14.3. The number of carbonyl (C=O) groups is 2. The van der Waals surface area contributed by atoms with Gasteiger partial charge in [-0.3, -0.25) is 4.79 Å². The number of hydrogen-bond donors (Lipinski definition) is 1. The van der Waals surface area contributed by atoms with Crippen LogP contribution in [0.1, 0.15) is 27.2 Å². The molecule has 132 valence electrons. The second-order valence-electron chi connectivity index (χ2n) is 6.05. The van der Waals surface area contributed by atoms with E-state index in [4.69, 9.17) is 14.2 Å². The highest BCUT2D eigenvalue weighted by molar-refractivity contribution is 5.78. The molecule has 0 bridgehead atoms. The lowest BCUT2D eigenvalue weighted by atomic mass is 9.91. The van der Waals surface area contributed by atoms with E-state index in [0.717, 1.165) is 0 Å². The van der Waals surface area contributed by atoms with Gasteiger partial charge in [0.1, 0.15) is 23.0 Å². The summed E-state index contributed by atoms with van der Waals surface area (Å²) in [6.07, 6.45) is -0.251. The summed E-state index contributed by atoms with van der Waals surface area (Å²) in [5.74, 6) is 0.603. The Hall–Kier alpha value is -3.02. The van der Waals surface area contributed by atoms with Crippen LogP contribution in [0.15, 0.2) is 48.5 Å². The van der Waals surface area contributed by atoms with Gasteiger partial charge in [-0.25, -0.2) is 4.79 Å². The quantitative estimate of drug-likeness (QED) is 0.494. The first kappa shape index (κ1) is 18.3. The second kappa shape index (κ2) is 7.70. The highest BCUT2D eigenvalue weighted by atomic mass is 16.7. The van der Waals surface area contributed by atoms with Crippen LogP contribution in [0.2, 0.25) is 0 Å². The third-order valence-electron chi connectivity index (χ3n) is 3.71. The molecule has 0 aliphatic heterocycles. The predicted molar refractivity (Wildman–Crippen MR) is 90.9 cm³/mol. The van der Waals surface area contributed by atoms with Crippen LogP contribution < -0.4 is 14.2 Å². The standard InChI is InChI=1S/C19H20O6/c1-4-19(2,3)17(21)23-14-9-11-16(12-10-14)25-18(22)24-15-7-5-13(20)6-8-15/h5-12,20H,4H2,1-3H3. The van der Waals surface area contributed by atoms with Crippen LogP contribution in [-0.4, -0.2) is 17.2 Å².